The summed E-state index contributed by atoms with van der Waals surface area (Å²) in [4.78, 5) is 11.7. The van der Waals surface area contributed by atoms with Crippen molar-refractivity contribution in [3.8, 4) is 17.5 Å². The van der Waals surface area contributed by atoms with E-state index in [0.717, 1.165) is 11.3 Å². The van der Waals surface area contributed by atoms with E-state index in [-0.39, 0.29) is 5.97 Å². The molecule has 4 nitrogen and oxygen atoms in total. The van der Waals surface area contributed by atoms with Crippen molar-refractivity contribution < 1.29 is 9.53 Å². The summed E-state index contributed by atoms with van der Waals surface area (Å²) in [7, 11) is 1.36. The highest BCUT2D eigenvalue weighted by Crippen LogP contribution is 2.16. The Bertz CT molecular complexity index is 873. The summed E-state index contributed by atoms with van der Waals surface area (Å²) in [6.07, 6.45) is 3.53. The number of carbonyl (C=O) groups excluding carboxylic acids is 1. The maximum Gasteiger partial charge on any atom is 0.337 e. The van der Waals surface area contributed by atoms with Crippen molar-refractivity contribution in [2.75, 3.05) is 7.11 Å². The first kappa shape index (κ1) is 14.6. The SMILES string of the molecule is COC(=O)c1ccc(-n2cccn2)c(C#Cc2ccccc2)c1. The summed E-state index contributed by atoms with van der Waals surface area (Å²) < 4.78 is 6.49. The van der Waals surface area contributed by atoms with Gasteiger partial charge in [-0.15, -0.1) is 0 Å². The van der Waals surface area contributed by atoms with Gasteiger partial charge < -0.3 is 4.74 Å². The van der Waals surface area contributed by atoms with Crippen LogP contribution in [0.3, 0.4) is 0 Å². The van der Waals surface area contributed by atoms with E-state index >= 15 is 0 Å². The van der Waals surface area contributed by atoms with Crippen LogP contribution in [0.5, 0.6) is 0 Å². The van der Waals surface area contributed by atoms with Gasteiger partial charge in [-0.05, 0) is 36.4 Å². The molecule has 112 valence electrons. The van der Waals surface area contributed by atoms with Crippen molar-refractivity contribution in [1.29, 1.82) is 0 Å². The summed E-state index contributed by atoms with van der Waals surface area (Å²) in [5.41, 5.74) is 2.88. The van der Waals surface area contributed by atoms with E-state index in [0.29, 0.717) is 11.1 Å². The number of rotatable bonds is 2. The van der Waals surface area contributed by atoms with E-state index in [2.05, 4.69) is 16.9 Å². The Kier molecular flexibility index (Phi) is 4.21. The van der Waals surface area contributed by atoms with Gasteiger partial charge in [0.25, 0.3) is 0 Å². The number of carbonyl (C=O) groups is 1. The molecule has 0 bridgehead atoms. The summed E-state index contributed by atoms with van der Waals surface area (Å²) in [5.74, 6) is 5.83. The summed E-state index contributed by atoms with van der Waals surface area (Å²) in [6, 6.07) is 16.8. The van der Waals surface area contributed by atoms with Gasteiger partial charge in [0.05, 0.1) is 23.9 Å². The molecule has 2 aromatic carbocycles. The second-order valence-electron chi connectivity index (χ2n) is 4.79. The van der Waals surface area contributed by atoms with Gasteiger partial charge in [-0.2, -0.15) is 5.10 Å². The highest BCUT2D eigenvalue weighted by molar-refractivity contribution is 5.90. The molecule has 0 amide bonds. The highest BCUT2D eigenvalue weighted by Gasteiger charge is 2.10. The molecule has 0 aliphatic heterocycles. The van der Waals surface area contributed by atoms with E-state index in [1.54, 1.807) is 23.0 Å². The predicted molar refractivity (Wildman–Crippen MR) is 87.3 cm³/mol. The second kappa shape index (κ2) is 6.63. The molecule has 0 fully saturated rings. The van der Waals surface area contributed by atoms with Crippen LogP contribution in [0.2, 0.25) is 0 Å². The molecule has 1 heterocycles. The standard InChI is InChI=1S/C19H14N2O2/c1-23-19(22)17-10-11-18(21-13-5-12-20-21)16(14-17)9-8-15-6-3-2-4-7-15/h2-7,10-14H,1H3. The smallest absolute Gasteiger partial charge is 0.337 e. The minimum atomic E-state index is -0.389. The monoisotopic (exact) mass is 302 g/mol. The van der Waals surface area contributed by atoms with E-state index in [4.69, 9.17) is 4.74 Å². The number of hydrogen-bond donors (Lipinski definition) is 0. The van der Waals surface area contributed by atoms with Gasteiger partial charge >= 0.3 is 5.97 Å². The molecule has 0 unspecified atom stereocenters. The first-order valence-corrected chi connectivity index (χ1v) is 7.07. The molecular weight excluding hydrogens is 288 g/mol. The largest absolute Gasteiger partial charge is 0.465 e. The second-order valence-corrected chi connectivity index (χ2v) is 4.79. The van der Waals surface area contributed by atoms with Crippen LogP contribution in [-0.4, -0.2) is 22.9 Å². The van der Waals surface area contributed by atoms with Crippen molar-refractivity contribution in [3.05, 3.63) is 83.7 Å². The van der Waals surface area contributed by atoms with E-state index in [1.165, 1.54) is 7.11 Å². The van der Waals surface area contributed by atoms with Gasteiger partial charge in [0, 0.05) is 18.0 Å². The number of aromatic nitrogens is 2. The Balaban J connectivity index is 2.08. The Morgan fingerprint density at radius 3 is 2.61 bits per heavy atom. The van der Waals surface area contributed by atoms with Crippen LogP contribution in [0.4, 0.5) is 0 Å². The van der Waals surface area contributed by atoms with E-state index < -0.39 is 0 Å². The zero-order valence-electron chi connectivity index (χ0n) is 12.6. The third-order valence-electron chi connectivity index (χ3n) is 3.28. The van der Waals surface area contributed by atoms with Crippen molar-refractivity contribution >= 4 is 5.97 Å². The third kappa shape index (κ3) is 3.30. The number of nitrogens with zero attached hydrogens (tertiary/aromatic N) is 2. The predicted octanol–water partition coefficient (Wildman–Crippen LogP) is 3.06. The molecule has 0 aliphatic carbocycles. The van der Waals surface area contributed by atoms with E-state index in [9.17, 15) is 4.79 Å². The summed E-state index contributed by atoms with van der Waals surface area (Å²) in [6.45, 7) is 0. The van der Waals surface area contributed by atoms with Crippen LogP contribution in [0.15, 0.2) is 67.0 Å². The number of hydrogen-bond acceptors (Lipinski definition) is 3. The van der Waals surface area contributed by atoms with Crippen LogP contribution >= 0.6 is 0 Å². The Labute approximate surface area is 134 Å². The Hall–Kier alpha value is -3.32. The molecule has 0 spiro atoms. The molecule has 0 radical (unpaired) electrons. The molecule has 0 N–H and O–H groups in total. The van der Waals surface area contributed by atoms with Crippen molar-refractivity contribution in [3.63, 3.8) is 0 Å². The Morgan fingerprint density at radius 1 is 1.09 bits per heavy atom. The fraction of sp³-hybridized carbons (Fsp3) is 0.0526. The average Bonchev–Trinajstić information content (AvgIpc) is 3.14. The fourth-order valence-corrected chi connectivity index (χ4v) is 2.15. The molecule has 0 aliphatic rings. The molecule has 3 rings (SSSR count). The number of benzene rings is 2. The van der Waals surface area contributed by atoms with Crippen molar-refractivity contribution in [1.82, 2.24) is 9.78 Å². The minimum absolute atomic E-state index is 0.389. The van der Waals surface area contributed by atoms with Crippen LogP contribution in [0, 0.1) is 11.8 Å². The van der Waals surface area contributed by atoms with Crippen LogP contribution in [0.25, 0.3) is 5.69 Å². The molecular formula is C19H14N2O2. The van der Waals surface area contributed by atoms with Gasteiger partial charge in [0.15, 0.2) is 0 Å². The topological polar surface area (TPSA) is 44.1 Å². The molecule has 0 atom stereocenters. The third-order valence-corrected chi connectivity index (χ3v) is 3.28. The first-order valence-electron chi connectivity index (χ1n) is 7.07. The molecule has 0 saturated carbocycles. The van der Waals surface area contributed by atoms with Gasteiger partial charge in [0.2, 0.25) is 0 Å². The molecule has 1 aromatic heterocycles. The van der Waals surface area contributed by atoms with Crippen molar-refractivity contribution in [2.24, 2.45) is 0 Å². The summed E-state index contributed by atoms with van der Waals surface area (Å²) >= 11 is 0. The lowest BCUT2D eigenvalue weighted by Gasteiger charge is -2.07. The fourth-order valence-electron chi connectivity index (χ4n) is 2.15. The maximum absolute atomic E-state index is 11.7. The lowest BCUT2D eigenvalue weighted by molar-refractivity contribution is 0.0600. The quantitative estimate of drug-likeness (QED) is 0.540. The number of methoxy groups -OCH3 is 1. The van der Waals surface area contributed by atoms with Crippen molar-refractivity contribution in [2.45, 2.75) is 0 Å². The molecule has 0 saturated heterocycles. The number of ether oxygens (including phenoxy) is 1. The highest BCUT2D eigenvalue weighted by atomic mass is 16.5. The lowest BCUT2D eigenvalue weighted by Crippen LogP contribution is -2.04. The maximum atomic E-state index is 11.7. The zero-order chi connectivity index (χ0) is 16.1. The van der Waals surface area contributed by atoms with Gasteiger partial charge in [-0.3, -0.25) is 0 Å². The average molecular weight is 302 g/mol. The summed E-state index contributed by atoms with van der Waals surface area (Å²) in [5, 5.41) is 4.23. The first-order chi connectivity index (χ1) is 11.3. The lowest BCUT2D eigenvalue weighted by atomic mass is 10.1. The van der Waals surface area contributed by atoms with E-state index in [1.807, 2.05) is 48.7 Å². The minimum Gasteiger partial charge on any atom is -0.465 e. The Morgan fingerprint density at radius 2 is 1.91 bits per heavy atom. The molecule has 3 aromatic rings. The van der Waals surface area contributed by atoms with Gasteiger partial charge in [-0.1, -0.05) is 30.0 Å². The zero-order valence-corrected chi connectivity index (χ0v) is 12.6. The van der Waals surface area contributed by atoms with Crippen LogP contribution in [0.1, 0.15) is 21.5 Å². The number of esters is 1. The van der Waals surface area contributed by atoms with Gasteiger partial charge in [-0.25, -0.2) is 9.48 Å². The van der Waals surface area contributed by atoms with Crippen LogP contribution in [-0.2, 0) is 4.74 Å². The van der Waals surface area contributed by atoms with Crippen LogP contribution < -0.4 is 0 Å². The van der Waals surface area contributed by atoms with Gasteiger partial charge in [0.1, 0.15) is 0 Å². The molecule has 4 heteroatoms. The molecule has 23 heavy (non-hydrogen) atoms. The normalized spacial score (nSPS) is 9.78.